The van der Waals surface area contributed by atoms with Crippen LogP contribution in [-0.4, -0.2) is 47.7 Å². The smallest absolute Gasteiger partial charge is 0.492 e. The molecular weight excluding hydrogens is 407 g/mol. The van der Waals surface area contributed by atoms with Crippen molar-refractivity contribution < 1.29 is 24.0 Å². The first-order valence-electron chi connectivity index (χ1n) is 10.9. The molecule has 172 valence electrons. The topological polar surface area (TPSA) is 88.1 Å². The summed E-state index contributed by atoms with van der Waals surface area (Å²) >= 11 is 0. The lowest BCUT2D eigenvalue weighted by atomic mass is 9.66. The van der Waals surface area contributed by atoms with Gasteiger partial charge in [0, 0.05) is 11.0 Å². The van der Waals surface area contributed by atoms with Crippen LogP contribution in [0.3, 0.4) is 0 Å². The normalized spacial score (nSPS) is 21.2. The second kappa shape index (κ2) is 8.75. The predicted octanol–water partition coefficient (Wildman–Crippen LogP) is 3.25. The van der Waals surface area contributed by atoms with E-state index in [4.69, 9.17) is 9.39 Å². The van der Waals surface area contributed by atoms with Crippen molar-refractivity contribution >= 4 is 18.9 Å². The molecule has 0 spiro atoms. The van der Waals surface area contributed by atoms with E-state index in [1.807, 2.05) is 66.7 Å². The highest BCUT2D eigenvalue weighted by atomic mass is 16.6. The van der Waals surface area contributed by atoms with Gasteiger partial charge in [0.2, 0.25) is 5.91 Å². The Hall–Kier alpha value is -2.58. The molecule has 2 aliphatic rings. The highest BCUT2D eigenvalue weighted by molar-refractivity contribution is 6.53. The fourth-order valence-corrected chi connectivity index (χ4v) is 4.06. The number of carbonyl (C=O) groups is 2. The summed E-state index contributed by atoms with van der Waals surface area (Å²) in [5, 5.41) is 11.6. The molecule has 1 saturated heterocycles. The summed E-state index contributed by atoms with van der Waals surface area (Å²) in [4.78, 5) is 27.0. The molecule has 1 aromatic carbocycles. The maximum absolute atomic E-state index is 13.6. The van der Waals surface area contributed by atoms with Crippen LogP contribution >= 0.6 is 0 Å². The molecule has 8 heteroatoms. The van der Waals surface area contributed by atoms with Gasteiger partial charge in [-0.3, -0.25) is 15.0 Å². The van der Waals surface area contributed by atoms with E-state index in [2.05, 4.69) is 5.43 Å². The summed E-state index contributed by atoms with van der Waals surface area (Å²) in [5.41, 5.74) is 5.02. The number of ether oxygens (including phenoxy) is 1. The molecule has 1 unspecified atom stereocenters. The Labute approximate surface area is 190 Å². The van der Waals surface area contributed by atoms with Gasteiger partial charge in [0.15, 0.2) is 0 Å². The molecule has 0 radical (unpaired) electrons. The molecule has 32 heavy (non-hydrogen) atoms. The van der Waals surface area contributed by atoms with Crippen LogP contribution in [0.25, 0.3) is 0 Å². The fraction of sp³-hybridized carbons (Fsp3) is 0.500. The van der Waals surface area contributed by atoms with Gasteiger partial charge in [0.05, 0.1) is 17.6 Å². The minimum absolute atomic E-state index is 0.264. The average molecular weight is 440 g/mol. The van der Waals surface area contributed by atoms with Crippen LogP contribution in [0.4, 0.5) is 0 Å². The molecule has 1 atom stereocenters. The number of amides is 2. The van der Waals surface area contributed by atoms with Gasteiger partial charge in [0.1, 0.15) is 12.4 Å². The molecule has 1 aliphatic heterocycles. The van der Waals surface area contributed by atoms with Crippen molar-refractivity contribution in [2.75, 3.05) is 13.2 Å². The number of benzene rings is 1. The lowest BCUT2D eigenvalue weighted by molar-refractivity contribution is -0.134. The number of aryl methyl sites for hydroxylation is 2. The van der Waals surface area contributed by atoms with Gasteiger partial charge in [-0.1, -0.05) is 23.3 Å². The highest BCUT2D eigenvalue weighted by Gasteiger charge is 2.44. The Morgan fingerprint density at radius 2 is 1.75 bits per heavy atom. The second-order valence-corrected chi connectivity index (χ2v) is 9.85. The Kier molecular flexibility index (Phi) is 6.58. The summed E-state index contributed by atoms with van der Waals surface area (Å²) < 4.78 is 11.1. The van der Waals surface area contributed by atoms with E-state index in [0.29, 0.717) is 28.8 Å². The zero-order valence-electron chi connectivity index (χ0n) is 20.0. The number of hydrogen-bond donors (Lipinski definition) is 2. The minimum Gasteiger partial charge on any atom is -0.492 e. The monoisotopic (exact) mass is 440 g/mol. The van der Waals surface area contributed by atoms with Crippen molar-refractivity contribution in [1.82, 2.24) is 10.4 Å². The van der Waals surface area contributed by atoms with E-state index < -0.39 is 18.1 Å². The van der Waals surface area contributed by atoms with Gasteiger partial charge < -0.3 is 14.4 Å². The van der Waals surface area contributed by atoms with Crippen molar-refractivity contribution in [2.45, 2.75) is 60.4 Å². The summed E-state index contributed by atoms with van der Waals surface area (Å²) in [6, 6.07) is 5.65. The zero-order chi connectivity index (χ0) is 23.8. The first-order valence-corrected chi connectivity index (χ1v) is 10.9. The largest absolute Gasteiger partial charge is 0.494 e. The first kappa shape index (κ1) is 24.1. The van der Waals surface area contributed by atoms with Gasteiger partial charge in [-0.05, 0) is 72.6 Å². The molecule has 0 bridgehead atoms. The maximum atomic E-state index is 13.6. The Bertz CT molecular complexity index is 974. The number of hydrogen-bond acceptors (Lipinski definition) is 5. The maximum Gasteiger partial charge on any atom is 0.494 e. The molecular formula is C24H33BN2O5. The van der Waals surface area contributed by atoms with Crippen LogP contribution in [0.1, 0.15) is 62.5 Å². The molecule has 1 aliphatic carbocycles. The van der Waals surface area contributed by atoms with E-state index in [1.165, 1.54) is 5.01 Å². The van der Waals surface area contributed by atoms with Crippen molar-refractivity contribution in [3.05, 3.63) is 57.8 Å². The van der Waals surface area contributed by atoms with E-state index in [0.717, 1.165) is 11.1 Å². The molecule has 7 nitrogen and oxygen atoms in total. The molecule has 1 heterocycles. The highest BCUT2D eigenvalue weighted by Crippen LogP contribution is 2.42. The molecule has 3 rings (SSSR count). The van der Waals surface area contributed by atoms with E-state index in [9.17, 15) is 14.6 Å². The van der Waals surface area contributed by atoms with E-state index in [-0.39, 0.29) is 25.0 Å². The van der Waals surface area contributed by atoms with Gasteiger partial charge in [0.25, 0.3) is 5.91 Å². The van der Waals surface area contributed by atoms with E-state index in [1.54, 1.807) is 6.08 Å². The van der Waals surface area contributed by atoms with Crippen LogP contribution in [-0.2, 0) is 14.2 Å². The third-order valence-corrected chi connectivity index (χ3v) is 6.09. The zero-order valence-corrected chi connectivity index (χ0v) is 20.0. The minimum atomic E-state index is -1.08. The lowest BCUT2D eigenvalue weighted by Gasteiger charge is -2.40. The van der Waals surface area contributed by atoms with Gasteiger partial charge >= 0.3 is 7.12 Å². The number of fused-ring (bicyclic) bond motifs is 1. The third-order valence-electron chi connectivity index (χ3n) is 6.09. The summed E-state index contributed by atoms with van der Waals surface area (Å²) in [6.45, 7) is 13.7. The number of nitrogens with zero attached hydrogens (tertiary/aromatic N) is 1. The molecule has 0 aromatic heterocycles. The van der Waals surface area contributed by atoms with Crippen molar-refractivity contribution in [3.63, 3.8) is 0 Å². The molecule has 2 N–H and O–H groups in total. The van der Waals surface area contributed by atoms with Gasteiger partial charge in [-0.15, -0.1) is 0 Å². The SMILES string of the molecule is CC1=C2OCCOB(O)C2=CCC1(C)C(=O)NN(C(=O)c1cc(C)cc(C)c1)C(C)(C)C. The average Bonchev–Trinajstić information content (AvgIpc) is 2.88. The Balaban J connectivity index is 1.92. The van der Waals surface area contributed by atoms with Crippen molar-refractivity contribution in [2.24, 2.45) is 5.41 Å². The molecule has 0 saturated carbocycles. The van der Waals surface area contributed by atoms with Gasteiger partial charge in [-0.2, -0.15) is 0 Å². The Morgan fingerprint density at radius 3 is 2.34 bits per heavy atom. The third kappa shape index (κ3) is 4.61. The van der Waals surface area contributed by atoms with Crippen molar-refractivity contribution in [3.8, 4) is 0 Å². The number of hydrazine groups is 1. The van der Waals surface area contributed by atoms with Gasteiger partial charge in [-0.25, -0.2) is 5.01 Å². The first-order chi connectivity index (χ1) is 14.8. The number of rotatable bonds is 2. The second-order valence-electron chi connectivity index (χ2n) is 9.85. The quantitative estimate of drug-likeness (QED) is 0.545. The lowest BCUT2D eigenvalue weighted by Crippen LogP contribution is -2.59. The van der Waals surface area contributed by atoms with Crippen LogP contribution in [0.2, 0.25) is 0 Å². The van der Waals surface area contributed by atoms with E-state index >= 15 is 0 Å². The van der Waals surface area contributed by atoms with Crippen LogP contribution in [0, 0.1) is 19.3 Å². The Morgan fingerprint density at radius 1 is 1.12 bits per heavy atom. The van der Waals surface area contributed by atoms with Crippen molar-refractivity contribution in [1.29, 1.82) is 0 Å². The number of nitrogens with one attached hydrogen (secondary N) is 1. The fourth-order valence-electron chi connectivity index (χ4n) is 4.06. The van der Waals surface area contributed by atoms with Crippen LogP contribution in [0.15, 0.2) is 41.1 Å². The molecule has 2 amide bonds. The van der Waals surface area contributed by atoms with Crippen LogP contribution in [0.5, 0.6) is 0 Å². The number of carbonyl (C=O) groups excluding carboxylic acids is 2. The standard InChI is InChI=1S/C24H33BN2O5/c1-15-12-16(2)14-18(13-15)21(28)27(23(4,5)6)26-22(29)24(7)9-8-19-20(17(24)3)31-10-11-32-25(19)30/h8,12-14,30H,9-11H2,1-7H3,(H,26,29). The summed E-state index contributed by atoms with van der Waals surface area (Å²) in [7, 11) is -1.08. The molecule has 1 aromatic rings. The van der Waals surface area contributed by atoms with Crippen LogP contribution < -0.4 is 5.43 Å². The number of allylic oxidation sites excluding steroid dienone is 2. The summed E-state index contributed by atoms with van der Waals surface area (Å²) in [5.74, 6) is -0.0938. The predicted molar refractivity (Wildman–Crippen MR) is 123 cm³/mol. The molecule has 1 fully saturated rings. The summed E-state index contributed by atoms with van der Waals surface area (Å²) in [6.07, 6.45) is 2.13.